The molecule has 33 heavy (non-hydrogen) atoms. The van der Waals surface area contributed by atoms with Gasteiger partial charge in [0.05, 0.1) is 11.8 Å². The van der Waals surface area contributed by atoms with Gasteiger partial charge >= 0.3 is 6.18 Å². The van der Waals surface area contributed by atoms with Crippen molar-refractivity contribution in [2.45, 2.75) is 26.1 Å². The number of nitrogens with one attached hydrogen (secondary N) is 1. The summed E-state index contributed by atoms with van der Waals surface area (Å²) in [5, 5.41) is 10.9. The predicted octanol–water partition coefficient (Wildman–Crippen LogP) is 4.78. The van der Waals surface area contributed by atoms with E-state index in [1.165, 1.54) is 17.5 Å². The molecule has 0 spiro atoms. The van der Waals surface area contributed by atoms with Crippen LogP contribution in [0.2, 0.25) is 0 Å². The highest BCUT2D eigenvalue weighted by molar-refractivity contribution is 7.18. The third-order valence-corrected chi connectivity index (χ3v) is 7.15. The number of nitriles is 1. The highest BCUT2D eigenvalue weighted by Gasteiger charge is 2.29. The monoisotopic (exact) mass is 470 g/mol. The molecule has 0 bridgehead atoms. The SMILES string of the molecule is Cc1c(CN2CCN(c3ncnc4sc(CC(F)(F)F)cc34)CC2)ccc2[nH]c(C#N)cc12. The fourth-order valence-corrected chi connectivity index (χ4v) is 5.44. The van der Waals surface area contributed by atoms with Gasteiger partial charge in [-0.05, 0) is 36.2 Å². The number of piperazine rings is 1. The molecule has 3 aromatic heterocycles. The number of nitrogens with zero attached hydrogens (tertiary/aromatic N) is 5. The molecule has 0 radical (unpaired) electrons. The number of thiophene rings is 1. The summed E-state index contributed by atoms with van der Waals surface area (Å²) < 4.78 is 38.5. The highest BCUT2D eigenvalue weighted by atomic mass is 32.1. The average molecular weight is 471 g/mol. The van der Waals surface area contributed by atoms with Gasteiger partial charge in [0.25, 0.3) is 0 Å². The number of halogens is 3. The van der Waals surface area contributed by atoms with Crippen molar-refractivity contribution in [2.24, 2.45) is 0 Å². The summed E-state index contributed by atoms with van der Waals surface area (Å²) in [5.74, 6) is 0.707. The van der Waals surface area contributed by atoms with Gasteiger partial charge in [0.1, 0.15) is 28.7 Å². The van der Waals surface area contributed by atoms with Gasteiger partial charge < -0.3 is 9.88 Å². The van der Waals surface area contributed by atoms with E-state index >= 15 is 0 Å². The van der Waals surface area contributed by atoms with Crippen molar-refractivity contribution >= 4 is 38.3 Å². The molecule has 1 fully saturated rings. The summed E-state index contributed by atoms with van der Waals surface area (Å²) in [6.07, 6.45) is -3.75. The number of aryl methyl sites for hydroxylation is 1. The lowest BCUT2D eigenvalue weighted by Crippen LogP contribution is -2.46. The van der Waals surface area contributed by atoms with Crippen molar-refractivity contribution < 1.29 is 13.2 Å². The minimum atomic E-state index is -4.24. The van der Waals surface area contributed by atoms with E-state index in [2.05, 4.69) is 43.8 Å². The topological polar surface area (TPSA) is 71.8 Å². The fourth-order valence-electron chi connectivity index (χ4n) is 4.41. The number of hydrogen-bond donors (Lipinski definition) is 1. The molecular weight excluding hydrogens is 449 g/mol. The average Bonchev–Trinajstić information content (AvgIpc) is 3.38. The molecule has 1 aromatic carbocycles. The van der Waals surface area contributed by atoms with Crippen LogP contribution in [-0.2, 0) is 13.0 Å². The van der Waals surface area contributed by atoms with Crippen LogP contribution in [0.4, 0.5) is 19.0 Å². The van der Waals surface area contributed by atoms with Gasteiger partial charge in [-0.2, -0.15) is 18.4 Å². The first-order valence-corrected chi connectivity index (χ1v) is 11.4. The Bertz CT molecular complexity index is 1360. The molecule has 0 atom stereocenters. The van der Waals surface area contributed by atoms with E-state index in [-0.39, 0.29) is 4.88 Å². The summed E-state index contributed by atoms with van der Waals surface area (Å²) in [4.78, 5) is 17.0. The maximum Gasteiger partial charge on any atom is 0.393 e. The van der Waals surface area contributed by atoms with Crippen LogP contribution >= 0.6 is 11.3 Å². The van der Waals surface area contributed by atoms with Crippen LogP contribution in [0.25, 0.3) is 21.1 Å². The van der Waals surface area contributed by atoms with E-state index in [1.807, 2.05) is 12.1 Å². The van der Waals surface area contributed by atoms with Crippen LogP contribution in [0.5, 0.6) is 0 Å². The van der Waals surface area contributed by atoms with Crippen molar-refractivity contribution in [3.8, 4) is 6.07 Å². The first kappa shape index (κ1) is 21.7. The second-order valence-electron chi connectivity index (χ2n) is 8.29. The number of anilines is 1. The second-order valence-corrected chi connectivity index (χ2v) is 9.40. The van der Waals surface area contributed by atoms with E-state index in [1.54, 1.807) is 6.07 Å². The number of benzene rings is 1. The summed E-state index contributed by atoms with van der Waals surface area (Å²) in [6.45, 7) is 5.99. The first-order valence-electron chi connectivity index (χ1n) is 10.6. The molecule has 1 saturated heterocycles. The quantitative estimate of drug-likeness (QED) is 0.465. The molecular formula is C23H21F3N6S. The lowest BCUT2D eigenvalue weighted by atomic mass is 10.0. The minimum Gasteiger partial charge on any atom is -0.353 e. The highest BCUT2D eigenvalue weighted by Crippen LogP contribution is 2.34. The van der Waals surface area contributed by atoms with E-state index in [9.17, 15) is 13.2 Å². The predicted molar refractivity (Wildman–Crippen MR) is 122 cm³/mol. The Morgan fingerprint density at radius 1 is 1.12 bits per heavy atom. The summed E-state index contributed by atoms with van der Waals surface area (Å²) in [7, 11) is 0. The Hall–Kier alpha value is -3.16. The van der Waals surface area contributed by atoms with Crippen LogP contribution in [0.3, 0.4) is 0 Å². The van der Waals surface area contributed by atoms with Crippen molar-refractivity contribution in [1.82, 2.24) is 19.9 Å². The zero-order chi connectivity index (χ0) is 23.2. The lowest BCUT2D eigenvalue weighted by molar-refractivity contribution is -0.126. The Morgan fingerprint density at radius 2 is 1.91 bits per heavy atom. The summed E-state index contributed by atoms with van der Waals surface area (Å²) >= 11 is 1.08. The van der Waals surface area contributed by atoms with Crippen LogP contribution in [0, 0.1) is 18.3 Å². The number of aromatic nitrogens is 3. The van der Waals surface area contributed by atoms with Crippen molar-refractivity contribution in [3.05, 3.63) is 52.3 Å². The van der Waals surface area contributed by atoms with E-state index < -0.39 is 12.6 Å². The molecule has 10 heteroatoms. The van der Waals surface area contributed by atoms with E-state index in [0.717, 1.165) is 55.0 Å². The van der Waals surface area contributed by atoms with Crippen molar-refractivity contribution in [3.63, 3.8) is 0 Å². The molecule has 6 nitrogen and oxygen atoms in total. The van der Waals surface area contributed by atoms with E-state index in [4.69, 9.17) is 5.26 Å². The Morgan fingerprint density at radius 3 is 2.64 bits per heavy atom. The molecule has 1 aliphatic rings. The standard InChI is InChI=1S/C23H21F3N6S/c1-14-15(2-3-20-18(14)8-16(11-27)30-20)12-31-4-6-32(7-5-31)21-19-9-17(10-23(24,25)26)33-22(19)29-13-28-21/h2-3,8-9,13,30H,4-7,10,12H2,1H3. The molecule has 170 valence electrons. The van der Waals surface area contributed by atoms with Crippen LogP contribution in [-0.4, -0.2) is 52.2 Å². The zero-order valence-corrected chi connectivity index (χ0v) is 18.7. The smallest absolute Gasteiger partial charge is 0.353 e. The number of hydrogen-bond acceptors (Lipinski definition) is 6. The molecule has 0 unspecified atom stereocenters. The molecule has 0 amide bonds. The van der Waals surface area contributed by atoms with Gasteiger partial charge in [-0.25, -0.2) is 9.97 Å². The van der Waals surface area contributed by atoms with Crippen LogP contribution in [0.15, 0.2) is 30.6 Å². The number of alkyl halides is 3. The first-order chi connectivity index (χ1) is 15.8. The van der Waals surface area contributed by atoms with Gasteiger partial charge in [0.2, 0.25) is 0 Å². The number of fused-ring (bicyclic) bond motifs is 2. The molecule has 4 heterocycles. The maximum absolute atomic E-state index is 12.8. The van der Waals surface area contributed by atoms with Gasteiger partial charge in [0, 0.05) is 48.5 Å². The molecule has 4 aromatic rings. The molecule has 1 aliphatic heterocycles. The third kappa shape index (κ3) is 4.38. The van der Waals surface area contributed by atoms with Crippen molar-refractivity contribution in [2.75, 3.05) is 31.1 Å². The van der Waals surface area contributed by atoms with Crippen molar-refractivity contribution in [1.29, 1.82) is 5.26 Å². The second kappa shape index (κ2) is 8.32. The Kier molecular flexibility index (Phi) is 5.46. The number of H-pyrrole nitrogens is 1. The Balaban J connectivity index is 1.30. The van der Waals surface area contributed by atoms with E-state index in [0.29, 0.717) is 21.7 Å². The molecule has 1 N–H and O–H groups in total. The molecule has 5 rings (SSSR count). The molecule has 0 aliphatic carbocycles. The number of aromatic amines is 1. The van der Waals surface area contributed by atoms with Gasteiger partial charge in [0.15, 0.2) is 0 Å². The lowest BCUT2D eigenvalue weighted by Gasteiger charge is -2.35. The molecule has 0 saturated carbocycles. The van der Waals surface area contributed by atoms with Gasteiger partial charge in [-0.1, -0.05) is 6.07 Å². The maximum atomic E-state index is 12.8. The fraction of sp³-hybridized carbons (Fsp3) is 0.348. The van der Waals surface area contributed by atoms with Crippen LogP contribution in [0.1, 0.15) is 21.7 Å². The van der Waals surface area contributed by atoms with Gasteiger partial charge in [-0.3, -0.25) is 4.90 Å². The summed E-state index contributed by atoms with van der Waals surface area (Å²) in [5.41, 5.74) is 3.91. The summed E-state index contributed by atoms with van der Waals surface area (Å²) in [6, 6.07) is 9.74. The largest absolute Gasteiger partial charge is 0.393 e. The minimum absolute atomic E-state index is 0.257. The zero-order valence-electron chi connectivity index (χ0n) is 17.9. The third-order valence-electron chi connectivity index (χ3n) is 6.11. The Labute approximate surface area is 192 Å². The normalized spacial score (nSPS) is 15.4. The number of rotatable bonds is 4. The van der Waals surface area contributed by atoms with Gasteiger partial charge in [-0.15, -0.1) is 11.3 Å². The van der Waals surface area contributed by atoms with Crippen LogP contribution < -0.4 is 4.90 Å².